The van der Waals surface area contributed by atoms with E-state index in [4.69, 9.17) is 11.6 Å². The van der Waals surface area contributed by atoms with Crippen LogP contribution in [0, 0.1) is 12.7 Å². The first-order chi connectivity index (χ1) is 13.0. The van der Waals surface area contributed by atoms with Gasteiger partial charge in [0.15, 0.2) is 5.82 Å². The lowest BCUT2D eigenvalue weighted by molar-refractivity contribution is 0.626. The van der Waals surface area contributed by atoms with E-state index >= 15 is 0 Å². The van der Waals surface area contributed by atoms with Gasteiger partial charge in [-0.2, -0.15) is 5.10 Å². The average Bonchev–Trinajstić information content (AvgIpc) is 3.34. The molecule has 1 aromatic carbocycles. The Morgan fingerprint density at radius 3 is 2.67 bits per heavy atom. The molecule has 3 N–H and O–H groups in total. The number of rotatable bonds is 6. The van der Waals surface area contributed by atoms with Crippen LogP contribution in [0.15, 0.2) is 30.3 Å². The summed E-state index contributed by atoms with van der Waals surface area (Å²) in [7, 11) is 0. The summed E-state index contributed by atoms with van der Waals surface area (Å²) in [6.45, 7) is 3.77. The number of nitrogens with one attached hydrogen (secondary N) is 3. The van der Waals surface area contributed by atoms with E-state index in [1.54, 1.807) is 6.07 Å². The van der Waals surface area contributed by atoms with Crippen molar-refractivity contribution in [3.05, 3.63) is 58.3 Å². The van der Waals surface area contributed by atoms with Crippen LogP contribution in [0.4, 0.5) is 21.8 Å². The van der Waals surface area contributed by atoms with Crippen LogP contribution >= 0.6 is 11.6 Å². The molecule has 0 aliphatic heterocycles. The zero-order valence-corrected chi connectivity index (χ0v) is 15.8. The Morgan fingerprint density at radius 2 is 1.93 bits per heavy atom. The van der Waals surface area contributed by atoms with Crippen molar-refractivity contribution in [1.82, 2.24) is 20.2 Å². The molecular weight excluding hydrogens is 367 g/mol. The summed E-state index contributed by atoms with van der Waals surface area (Å²) < 4.78 is 13.3. The molecule has 0 unspecified atom stereocenters. The van der Waals surface area contributed by atoms with E-state index in [0.29, 0.717) is 28.4 Å². The third-order valence-electron chi connectivity index (χ3n) is 4.50. The van der Waals surface area contributed by atoms with Gasteiger partial charge in [0, 0.05) is 28.8 Å². The molecule has 0 saturated heterocycles. The fourth-order valence-electron chi connectivity index (χ4n) is 2.99. The average molecular weight is 387 g/mol. The smallest absolute Gasteiger partial charge is 0.153 e. The highest BCUT2D eigenvalue weighted by molar-refractivity contribution is 6.31. The molecule has 3 aromatic rings. The zero-order chi connectivity index (χ0) is 19.0. The van der Waals surface area contributed by atoms with Crippen molar-refractivity contribution in [2.75, 3.05) is 10.6 Å². The van der Waals surface area contributed by atoms with Crippen LogP contribution in [0.1, 0.15) is 48.8 Å². The molecular formula is C19H20ClFN6. The number of benzene rings is 1. The van der Waals surface area contributed by atoms with Gasteiger partial charge in [0.2, 0.25) is 0 Å². The monoisotopic (exact) mass is 386 g/mol. The van der Waals surface area contributed by atoms with E-state index in [-0.39, 0.29) is 11.9 Å². The molecule has 2 heterocycles. The number of anilines is 3. The second kappa shape index (κ2) is 7.15. The van der Waals surface area contributed by atoms with Crippen LogP contribution in [-0.4, -0.2) is 20.2 Å². The highest BCUT2D eigenvalue weighted by atomic mass is 35.5. The topological polar surface area (TPSA) is 78.5 Å². The van der Waals surface area contributed by atoms with Crippen molar-refractivity contribution >= 4 is 29.1 Å². The molecule has 1 saturated carbocycles. The number of aromatic nitrogens is 4. The van der Waals surface area contributed by atoms with Gasteiger partial charge < -0.3 is 10.6 Å². The highest BCUT2D eigenvalue weighted by Gasteiger charge is 2.25. The van der Waals surface area contributed by atoms with E-state index in [2.05, 4.69) is 30.8 Å². The molecule has 8 heteroatoms. The van der Waals surface area contributed by atoms with Gasteiger partial charge in [0.1, 0.15) is 23.3 Å². The molecule has 140 valence electrons. The van der Waals surface area contributed by atoms with Crippen LogP contribution < -0.4 is 10.6 Å². The first kappa shape index (κ1) is 17.7. The number of nitrogens with zero attached hydrogens (tertiary/aromatic N) is 3. The summed E-state index contributed by atoms with van der Waals surface area (Å²) in [6.07, 6.45) is 2.43. The second-order valence-corrected chi connectivity index (χ2v) is 7.23. The molecule has 0 spiro atoms. The van der Waals surface area contributed by atoms with Crippen LogP contribution in [-0.2, 0) is 0 Å². The van der Waals surface area contributed by atoms with E-state index in [1.165, 1.54) is 25.0 Å². The molecule has 1 fully saturated rings. The van der Waals surface area contributed by atoms with Crippen molar-refractivity contribution in [3.63, 3.8) is 0 Å². The number of hydrogen-bond donors (Lipinski definition) is 3. The zero-order valence-electron chi connectivity index (χ0n) is 15.1. The van der Waals surface area contributed by atoms with E-state index in [0.717, 1.165) is 17.1 Å². The Labute approximate surface area is 161 Å². The first-order valence-electron chi connectivity index (χ1n) is 8.87. The van der Waals surface area contributed by atoms with Gasteiger partial charge in [-0.05, 0) is 44.4 Å². The summed E-state index contributed by atoms with van der Waals surface area (Å²) in [5.41, 5.74) is 1.95. The Morgan fingerprint density at radius 1 is 1.15 bits per heavy atom. The van der Waals surface area contributed by atoms with Crippen LogP contribution in [0.25, 0.3) is 0 Å². The fourth-order valence-corrected chi connectivity index (χ4v) is 3.32. The van der Waals surface area contributed by atoms with Gasteiger partial charge in [0.25, 0.3) is 0 Å². The third-order valence-corrected chi connectivity index (χ3v) is 4.83. The minimum absolute atomic E-state index is 0.146. The summed E-state index contributed by atoms with van der Waals surface area (Å²) in [6, 6.07) is 8.06. The predicted octanol–water partition coefficient (Wildman–Crippen LogP) is 5.09. The SMILES string of the molecule is Cc1nc(Nc2cc(C3CC3)[nH]n2)cc(N[C@@H](C)c2ccc(F)cc2Cl)n1. The predicted molar refractivity (Wildman–Crippen MR) is 104 cm³/mol. The maximum Gasteiger partial charge on any atom is 0.153 e. The lowest BCUT2D eigenvalue weighted by atomic mass is 10.1. The maximum atomic E-state index is 13.3. The number of aryl methyl sites for hydroxylation is 1. The Bertz CT molecular complexity index is 969. The molecule has 0 radical (unpaired) electrons. The summed E-state index contributed by atoms with van der Waals surface area (Å²) in [5, 5.41) is 14.2. The molecule has 27 heavy (non-hydrogen) atoms. The van der Waals surface area contributed by atoms with E-state index in [9.17, 15) is 4.39 Å². The van der Waals surface area contributed by atoms with E-state index < -0.39 is 0 Å². The standard InChI is InChI=1S/C19H20ClFN6/c1-10(14-6-5-13(21)7-15(14)20)22-17-9-18(24-11(2)23-17)25-19-8-16(26-27-19)12-3-4-12/h5-10,12H,3-4H2,1-2H3,(H3,22,23,24,25,26,27)/t10-/m0/s1. The van der Waals surface area contributed by atoms with Crippen LogP contribution in [0.3, 0.4) is 0 Å². The number of aromatic amines is 1. The van der Waals surface area contributed by atoms with Gasteiger partial charge in [-0.25, -0.2) is 14.4 Å². The fraction of sp³-hybridized carbons (Fsp3) is 0.316. The van der Waals surface area contributed by atoms with Crippen molar-refractivity contribution in [3.8, 4) is 0 Å². The Balaban J connectivity index is 1.50. The number of hydrogen-bond acceptors (Lipinski definition) is 5. The summed E-state index contributed by atoms with van der Waals surface area (Å²) in [4.78, 5) is 8.84. The van der Waals surface area contributed by atoms with Gasteiger partial charge in [-0.15, -0.1) is 0 Å². The third kappa shape index (κ3) is 4.19. The highest BCUT2D eigenvalue weighted by Crippen LogP contribution is 2.39. The minimum Gasteiger partial charge on any atom is -0.363 e. The maximum absolute atomic E-state index is 13.3. The molecule has 1 aliphatic carbocycles. The molecule has 1 aliphatic rings. The largest absolute Gasteiger partial charge is 0.363 e. The molecule has 6 nitrogen and oxygen atoms in total. The molecule has 0 amide bonds. The van der Waals surface area contributed by atoms with Gasteiger partial charge in [-0.1, -0.05) is 17.7 Å². The van der Waals surface area contributed by atoms with Crippen molar-refractivity contribution in [2.45, 2.75) is 38.6 Å². The van der Waals surface area contributed by atoms with Crippen molar-refractivity contribution in [2.24, 2.45) is 0 Å². The van der Waals surface area contributed by atoms with Gasteiger partial charge in [-0.3, -0.25) is 5.10 Å². The van der Waals surface area contributed by atoms with E-state index in [1.807, 2.05) is 26.0 Å². The molecule has 1 atom stereocenters. The Kier molecular flexibility index (Phi) is 4.70. The van der Waals surface area contributed by atoms with Gasteiger partial charge >= 0.3 is 0 Å². The normalized spacial score (nSPS) is 14.8. The Hall–Kier alpha value is -2.67. The van der Waals surface area contributed by atoms with Crippen molar-refractivity contribution < 1.29 is 4.39 Å². The first-order valence-corrected chi connectivity index (χ1v) is 9.25. The van der Waals surface area contributed by atoms with Gasteiger partial charge in [0.05, 0.1) is 6.04 Å². The number of halogens is 2. The lowest BCUT2D eigenvalue weighted by Crippen LogP contribution is -2.10. The molecule has 2 aromatic heterocycles. The molecule has 0 bridgehead atoms. The quantitative estimate of drug-likeness (QED) is 0.549. The molecule has 4 rings (SSSR count). The van der Waals surface area contributed by atoms with Crippen LogP contribution in [0.2, 0.25) is 5.02 Å². The van der Waals surface area contributed by atoms with Crippen LogP contribution in [0.5, 0.6) is 0 Å². The van der Waals surface area contributed by atoms with Crippen molar-refractivity contribution in [1.29, 1.82) is 0 Å². The summed E-state index contributed by atoms with van der Waals surface area (Å²) in [5.74, 6) is 2.91. The summed E-state index contributed by atoms with van der Waals surface area (Å²) >= 11 is 6.16. The number of H-pyrrole nitrogens is 1. The minimum atomic E-state index is -0.357. The lowest BCUT2D eigenvalue weighted by Gasteiger charge is -2.17. The second-order valence-electron chi connectivity index (χ2n) is 6.83.